The van der Waals surface area contributed by atoms with E-state index in [9.17, 15) is 0 Å². The molecule has 112 valence electrons. The maximum absolute atomic E-state index is 6.25. The van der Waals surface area contributed by atoms with E-state index in [0.29, 0.717) is 6.10 Å². The summed E-state index contributed by atoms with van der Waals surface area (Å²) in [7, 11) is 1.69. The lowest BCUT2D eigenvalue weighted by Gasteiger charge is -2.28. The Morgan fingerprint density at radius 3 is 2.80 bits per heavy atom. The summed E-state index contributed by atoms with van der Waals surface area (Å²) in [4.78, 5) is 0. The van der Waals surface area contributed by atoms with E-state index in [1.807, 2.05) is 25.1 Å². The van der Waals surface area contributed by atoms with Crippen LogP contribution in [-0.2, 0) is 6.42 Å². The number of benzene rings is 1. The fourth-order valence-electron chi connectivity index (χ4n) is 2.97. The first kappa shape index (κ1) is 15.2. The number of methoxy groups -OCH3 is 1. The summed E-state index contributed by atoms with van der Waals surface area (Å²) in [6.07, 6.45) is 6.07. The van der Waals surface area contributed by atoms with Crippen molar-refractivity contribution >= 4 is 0 Å². The van der Waals surface area contributed by atoms with Crippen molar-refractivity contribution in [3.05, 3.63) is 23.8 Å². The molecule has 1 aromatic rings. The van der Waals surface area contributed by atoms with Gasteiger partial charge in [0, 0.05) is 6.04 Å². The highest BCUT2D eigenvalue weighted by Gasteiger charge is 2.21. The van der Waals surface area contributed by atoms with Gasteiger partial charge in [-0.3, -0.25) is 0 Å². The zero-order valence-corrected chi connectivity index (χ0v) is 12.9. The second-order valence-corrected chi connectivity index (χ2v) is 6.17. The number of ether oxygens (including phenoxy) is 2. The van der Waals surface area contributed by atoms with Crippen LogP contribution in [0.1, 0.15) is 45.1 Å². The molecule has 1 aromatic carbocycles. The molecule has 0 spiro atoms. The molecule has 0 aliphatic heterocycles. The van der Waals surface area contributed by atoms with E-state index in [4.69, 9.17) is 15.2 Å². The smallest absolute Gasteiger partial charge is 0.123 e. The largest absolute Gasteiger partial charge is 0.497 e. The number of rotatable bonds is 5. The van der Waals surface area contributed by atoms with Crippen LogP contribution in [0.3, 0.4) is 0 Å². The van der Waals surface area contributed by atoms with Crippen molar-refractivity contribution in [1.82, 2.24) is 0 Å². The van der Waals surface area contributed by atoms with Gasteiger partial charge in [-0.25, -0.2) is 0 Å². The lowest BCUT2D eigenvalue weighted by atomic mass is 9.88. The summed E-state index contributed by atoms with van der Waals surface area (Å²) in [6.45, 7) is 4.33. The number of nitrogens with two attached hydrogens (primary N) is 1. The van der Waals surface area contributed by atoms with E-state index in [1.165, 1.54) is 12.8 Å². The summed E-state index contributed by atoms with van der Waals surface area (Å²) < 4.78 is 11.5. The van der Waals surface area contributed by atoms with Gasteiger partial charge in [0.25, 0.3) is 0 Å². The Kier molecular flexibility index (Phi) is 5.30. The third-order valence-electron chi connectivity index (χ3n) is 3.99. The van der Waals surface area contributed by atoms with E-state index in [1.54, 1.807) is 7.11 Å². The van der Waals surface area contributed by atoms with Crippen LogP contribution in [0.5, 0.6) is 11.5 Å². The Morgan fingerprint density at radius 2 is 2.15 bits per heavy atom. The first-order chi connectivity index (χ1) is 9.58. The van der Waals surface area contributed by atoms with Crippen molar-refractivity contribution in [3.8, 4) is 11.5 Å². The van der Waals surface area contributed by atoms with Crippen LogP contribution in [0.2, 0.25) is 0 Å². The summed E-state index contributed by atoms with van der Waals surface area (Å²) in [5.41, 5.74) is 7.09. The molecule has 1 fully saturated rings. The molecule has 0 bridgehead atoms. The molecule has 0 amide bonds. The van der Waals surface area contributed by atoms with Crippen molar-refractivity contribution in [2.75, 3.05) is 7.11 Å². The highest BCUT2D eigenvalue weighted by atomic mass is 16.5. The van der Waals surface area contributed by atoms with Gasteiger partial charge in [0.2, 0.25) is 0 Å². The molecule has 0 saturated heterocycles. The van der Waals surface area contributed by atoms with E-state index in [0.717, 1.165) is 42.2 Å². The van der Waals surface area contributed by atoms with E-state index in [-0.39, 0.29) is 6.04 Å². The minimum Gasteiger partial charge on any atom is -0.497 e. The van der Waals surface area contributed by atoms with Crippen LogP contribution >= 0.6 is 0 Å². The topological polar surface area (TPSA) is 44.5 Å². The summed E-state index contributed by atoms with van der Waals surface area (Å²) in [5.74, 6) is 2.61. The lowest BCUT2D eigenvalue weighted by molar-refractivity contribution is 0.128. The first-order valence-corrected chi connectivity index (χ1v) is 7.67. The molecule has 3 unspecified atom stereocenters. The average Bonchev–Trinajstić information content (AvgIpc) is 2.40. The Bertz CT molecular complexity index is 431. The number of hydrogen-bond donors (Lipinski definition) is 1. The van der Waals surface area contributed by atoms with Crippen LogP contribution in [-0.4, -0.2) is 19.3 Å². The Labute approximate surface area is 122 Å². The third kappa shape index (κ3) is 4.14. The van der Waals surface area contributed by atoms with Gasteiger partial charge in [-0.15, -0.1) is 0 Å². The molecule has 0 aromatic heterocycles. The standard InChI is InChI=1S/C17H27NO2/c1-12-5-4-6-16(9-12)20-17-8-7-15(19-3)11-14(17)10-13(2)18/h7-8,11-13,16H,4-6,9-10,18H2,1-3H3. The van der Waals surface area contributed by atoms with Gasteiger partial charge in [0.15, 0.2) is 0 Å². The van der Waals surface area contributed by atoms with Crippen molar-refractivity contribution in [3.63, 3.8) is 0 Å². The molecular formula is C17H27NO2. The normalized spacial score (nSPS) is 24.2. The quantitative estimate of drug-likeness (QED) is 0.895. The molecule has 3 heteroatoms. The molecule has 2 rings (SSSR count). The van der Waals surface area contributed by atoms with Gasteiger partial charge in [0.05, 0.1) is 13.2 Å². The Morgan fingerprint density at radius 1 is 1.35 bits per heavy atom. The molecule has 1 aliphatic carbocycles. The maximum atomic E-state index is 6.25. The molecule has 3 nitrogen and oxygen atoms in total. The van der Waals surface area contributed by atoms with Gasteiger partial charge in [-0.1, -0.05) is 13.3 Å². The van der Waals surface area contributed by atoms with Gasteiger partial charge < -0.3 is 15.2 Å². The van der Waals surface area contributed by atoms with E-state index in [2.05, 4.69) is 6.92 Å². The van der Waals surface area contributed by atoms with Crippen LogP contribution in [0, 0.1) is 5.92 Å². The highest BCUT2D eigenvalue weighted by Crippen LogP contribution is 2.31. The lowest BCUT2D eigenvalue weighted by Crippen LogP contribution is -2.25. The molecule has 0 radical (unpaired) electrons. The maximum Gasteiger partial charge on any atom is 0.123 e. The van der Waals surface area contributed by atoms with Crippen molar-refractivity contribution < 1.29 is 9.47 Å². The predicted octanol–water partition coefficient (Wildman–Crippen LogP) is 3.54. The first-order valence-electron chi connectivity index (χ1n) is 7.67. The predicted molar refractivity (Wildman–Crippen MR) is 82.4 cm³/mol. The summed E-state index contributed by atoms with van der Waals surface area (Å²) >= 11 is 0. The van der Waals surface area contributed by atoms with Crippen molar-refractivity contribution in [2.45, 2.75) is 58.1 Å². The van der Waals surface area contributed by atoms with Gasteiger partial charge in [-0.2, -0.15) is 0 Å². The molecule has 2 N–H and O–H groups in total. The van der Waals surface area contributed by atoms with Crippen LogP contribution < -0.4 is 15.2 Å². The molecular weight excluding hydrogens is 250 g/mol. The highest BCUT2D eigenvalue weighted by molar-refractivity contribution is 5.41. The zero-order valence-electron chi connectivity index (χ0n) is 12.9. The van der Waals surface area contributed by atoms with Gasteiger partial charge in [-0.05, 0) is 62.3 Å². The fourth-order valence-corrected chi connectivity index (χ4v) is 2.97. The second kappa shape index (κ2) is 6.98. The zero-order chi connectivity index (χ0) is 14.5. The Hall–Kier alpha value is -1.22. The molecule has 1 aliphatic rings. The van der Waals surface area contributed by atoms with Crippen LogP contribution in [0.25, 0.3) is 0 Å². The minimum atomic E-state index is 0.120. The summed E-state index contributed by atoms with van der Waals surface area (Å²) in [5, 5.41) is 0. The summed E-state index contributed by atoms with van der Waals surface area (Å²) in [6, 6.07) is 6.15. The Balaban J connectivity index is 2.12. The molecule has 3 atom stereocenters. The average molecular weight is 277 g/mol. The van der Waals surface area contributed by atoms with Crippen molar-refractivity contribution in [2.24, 2.45) is 11.7 Å². The van der Waals surface area contributed by atoms with Gasteiger partial charge >= 0.3 is 0 Å². The molecule has 0 heterocycles. The molecule has 1 saturated carbocycles. The third-order valence-corrected chi connectivity index (χ3v) is 3.99. The SMILES string of the molecule is COc1ccc(OC2CCCC(C)C2)c(CC(C)N)c1. The fraction of sp³-hybridized carbons (Fsp3) is 0.647. The molecule has 20 heavy (non-hydrogen) atoms. The monoisotopic (exact) mass is 277 g/mol. The van der Waals surface area contributed by atoms with Crippen LogP contribution in [0.4, 0.5) is 0 Å². The minimum absolute atomic E-state index is 0.120. The van der Waals surface area contributed by atoms with Crippen LogP contribution in [0.15, 0.2) is 18.2 Å². The van der Waals surface area contributed by atoms with Crippen molar-refractivity contribution in [1.29, 1.82) is 0 Å². The number of hydrogen-bond acceptors (Lipinski definition) is 3. The second-order valence-electron chi connectivity index (χ2n) is 6.17. The van der Waals surface area contributed by atoms with E-state index >= 15 is 0 Å². The van der Waals surface area contributed by atoms with E-state index < -0.39 is 0 Å². The van der Waals surface area contributed by atoms with Gasteiger partial charge in [0.1, 0.15) is 11.5 Å².